The minimum Gasteiger partial charge on any atom is -0.497 e. The molecule has 2 heterocycles. The van der Waals surface area contributed by atoms with Crippen LogP contribution in [-0.4, -0.2) is 42.0 Å². The molecule has 0 radical (unpaired) electrons. The molecule has 0 N–H and O–H groups in total. The molecule has 106 valence electrons. The number of ether oxygens (including phenoxy) is 1. The van der Waals surface area contributed by atoms with E-state index in [4.69, 9.17) is 16.3 Å². The summed E-state index contributed by atoms with van der Waals surface area (Å²) in [5, 5.41) is 0.507. The van der Waals surface area contributed by atoms with Gasteiger partial charge in [-0.1, -0.05) is 11.6 Å². The Labute approximate surface area is 127 Å². The first-order chi connectivity index (χ1) is 9.78. The number of methoxy groups -OCH3 is 1. The third-order valence-corrected chi connectivity index (χ3v) is 4.32. The summed E-state index contributed by atoms with van der Waals surface area (Å²) in [4.78, 5) is 4.54. The molecule has 1 aromatic heterocycles. The van der Waals surface area contributed by atoms with Crippen LogP contribution in [0.25, 0.3) is 0 Å². The Kier molecular flexibility index (Phi) is 3.93. The highest BCUT2D eigenvalue weighted by Gasteiger charge is 2.21. The summed E-state index contributed by atoms with van der Waals surface area (Å²) in [5.41, 5.74) is 1.22. The van der Waals surface area contributed by atoms with Gasteiger partial charge in [-0.25, -0.2) is 0 Å². The van der Waals surface area contributed by atoms with E-state index in [0.717, 1.165) is 49.5 Å². The van der Waals surface area contributed by atoms with Crippen molar-refractivity contribution in [2.24, 2.45) is 0 Å². The van der Waals surface area contributed by atoms with E-state index >= 15 is 0 Å². The maximum atomic E-state index is 6.03. The second-order valence-corrected chi connectivity index (χ2v) is 5.44. The summed E-state index contributed by atoms with van der Waals surface area (Å²) in [7, 11) is 1.68. The number of halogens is 1. The standard InChI is InChI=1S/C13H15ClN4OS/c1-19-11-4-2-10(3-5-11)17-6-8-18(9-7-17)13-12(14)15-20-16-13/h2-5H,6-9H2,1H3. The van der Waals surface area contributed by atoms with Crippen LogP contribution in [0.4, 0.5) is 11.5 Å². The number of rotatable bonds is 3. The number of hydrogen-bond donors (Lipinski definition) is 0. The fraction of sp³-hybridized carbons (Fsp3) is 0.385. The Balaban J connectivity index is 1.64. The molecule has 1 aliphatic heterocycles. The Morgan fingerprint density at radius 3 is 2.25 bits per heavy atom. The zero-order chi connectivity index (χ0) is 13.9. The first-order valence-corrected chi connectivity index (χ1v) is 7.51. The summed E-state index contributed by atoms with van der Waals surface area (Å²) < 4.78 is 13.4. The molecule has 0 spiro atoms. The van der Waals surface area contributed by atoms with Crippen LogP contribution in [0.1, 0.15) is 0 Å². The van der Waals surface area contributed by atoms with E-state index in [-0.39, 0.29) is 0 Å². The van der Waals surface area contributed by atoms with Gasteiger partial charge in [-0.3, -0.25) is 0 Å². The molecule has 0 unspecified atom stereocenters. The molecule has 0 amide bonds. The van der Waals surface area contributed by atoms with Gasteiger partial charge in [0.25, 0.3) is 0 Å². The van der Waals surface area contributed by atoms with Crippen molar-refractivity contribution in [2.45, 2.75) is 0 Å². The van der Waals surface area contributed by atoms with E-state index in [2.05, 4.69) is 30.7 Å². The predicted octanol–water partition coefficient (Wildman–Crippen LogP) is 2.53. The van der Waals surface area contributed by atoms with Gasteiger partial charge in [-0.15, -0.1) is 0 Å². The number of piperazine rings is 1. The van der Waals surface area contributed by atoms with E-state index in [1.165, 1.54) is 5.69 Å². The Morgan fingerprint density at radius 2 is 1.70 bits per heavy atom. The van der Waals surface area contributed by atoms with Crippen LogP contribution >= 0.6 is 23.3 Å². The van der Waals surface area contributed by atoms with Crippen LogP contribution in [0.2, 0.25) is 5.15 Å². The number of benzene rings is 1. The maximum absolute atomic E-state index is 6.03. The molecule has 5 nitrogen and oxygen atoms in total. The lowest BCUT2D eigenvalue weighted by Gasteiger charge is -2.36. The smallest absolute Gasteiger partial charge is 0.187 e. The van der Waals surface area contributed by atoms with Gasteiger partial charge in [0.1, 0.15) is 5.75 Å². The highest BCUT2D eigenvalue weighted by molar-refractivity contribution is 6.99. The van der Waals surface area contributed by atoms with Crippen molar-refractivity contribution in [2.75, 3.05) is 43.1 Å². The quantitative estimate of drug-likeness (QED) is 0.871. The highest BCUT2D eigenvalue weighted by Crippen LogP contribution is 2.26. The summed E-state index contributed by atoms with van der Waals surface area (Å²) in [5.74, 6) is 1.69. The van der Waals surface area contributed by atoms with Crippen molar-refractivity contribution in [3.05, 3.63) is 29.4 Å². The lowest BCUT2D eigenvalue weighted by Crippen LogP contribution is -2.46. The van der Waals surface area contributed by atoms with Gasteiger partial charge in [-0.2, -0.15) is 8.75 Å². The van der Waals surface area contributed by atoms with Gasteiger partial charge in [0.2, 0.25) is 0 Å². The van der Waals surface area contributed by atoms with Crippen LogP contribution < -0.4 is 14.5 Å². The van der Waals surface area contributed by atoms with Crippen LogP contribution in [0, 0.1) is 0 Å². The molecule has 1 aromatic carbocycles. The molecule has 3 rings (SSSR count). The van der Waals surface area contributed by atoms with Crippen LogP contribution in [0.15, 0.2) is 24.3 Å². The average Bonchev–Trinajstić information content (AvgIpc) is 2.94. The van der Waals surface area contributed by atoms with Crippen molar-refractivity contribution < 1.29 is 4.74 Å². The summed E-state index contributed by atoms with van der Waals surface area (Å²) >= 11 is 7.19. The largest absolute Gasteiger partial charge is 0.497 e. The van der Waals surface area contributed by atoms with E-state index < -0.39 is 0 Å². The van der Waals surface area contributed by atoms with Crippen LogP contribution in [0.5, 0.6) is 5.75 Å². The number of aromatic nitrogens is 2. The minimum absolute atomic E-state index is 0.507. The first kappa shape index (κ1) is 13.5. The molecular weight excluding hydrogens is 296 g/mol. The third-order valence-electron chi connectivity index (χ3n) is 3.45. The maximum Gasteiger partial charge on any atom is 0.187 e. The van der Waals surface area contributed by atoms with Gasteiger partial charge >= 0.3 is 0 Å². The van der Waals surface area contributed by atoms with Gasteiger partial charge in [0.05, 0.1) is 18.8 Å². The lowest BCUT2D eigenvalue weighted by molar-refractivity contribution is 0.415. The molecule has 0 saturated carbocycles. The molecule has 7 heteroatoms. The van der Waals surface area contributed by atoms with Gasteiger partial charge in [0.15, 0.2) is 11.0 Å². The predicted molar refractivity (Wildman–Crippen MR) is 82.3 cm³/mol. The molecule has 1 aliphatic rings. The zero-order valence-electron chi connectivity index (χ0n) is 11.1. The molecule has 2 aromatic rings. The van der Waals surface area contributed by atoms with E-state index in [1.54, 1.807) is 7.11 Å². The Morgan fingerprint density at radius 1 is 1.05 bits per heavy atom. The average molecular weight is 311 g/mol. The topological polar surface area (TPSA) is 41.5 Å². The fourth-order valence-corrected chi connectivity index (χ4v) is 3.11. The monoisotopic (exact) mass is 310 g/mol. The van der Waals surface area contributed by atoms with Gasteiger partial charge in [-0.05, 0) is 24.3 Å². The molecule has 1 fully saturated rings. The fourth-order valence-electron chi connectivity index (χ4n) is 2.33. The SMILES string of the molecule is COc1ccc(N2CCN(c3nsnc3Cl)CC2)cc1. The first-order valence-electron chi connectivity index (χ1n) is 6.40. The normalized spacial score (nSPS) is 15.5. The molecule has 1 saturated heterocycles. The molecular formula is C13H15ClN4OS. The van der Waals surface area contributed by atoms with Crippen molar-refractivity contribution in [1.82, 2.24) is 8.75 Å². The summed E-state index contributed by atoms with van der Waals surface area (Å²) in [6, 6.07) is 8.16. The third kappa shape index (κ3) is 2.66. The lowest BCUT2D eigenvalue weighted by atomic mass is 10.2. The number of nitrogens with zero attached hydrogens (tertiary/aromatic N) is 4. The minimum atomic E-state index is 0.507. The summed E-state index contributed by atoms with van der Waals surface area (Å²) in [6.45, 7) is 3.69. The van der Waals surface area contributed by atoms with Crippen LogP contribution in [0.3, 0.4) is 0 Å². The van der Waals surface area contributed by atoms with Crippen molar-refractivity contribution in [3.8, 4) is 5.75 Å². The number of anilines is 2. The van der Waals surface area contributed by atoms with Gasteiger partial charge in [0, 0.05) is 31.9 Å². The Bertz CT molecular complexity index is 566. The molecule has 20 heavy (non-hydrogen) atoms. The van der Waals surface area contributed by atoms with E-state index in [9.17, 15) is 0 Å². The summed E-state index contributed by atoms with van der Waals surface area (Å²) in [6.07, 6.45) is 0. The van der Waals surface area contributed by atoms with Gasteiger partial charge < -0.3 is 14.5 Å². The Hall–Kier alpha value is -1.53. The van der Waals surface area contributed by atoms with E-state index in [1.807, 2.05) is 12.1 Å². The second kappa shape index (κ2) is 5.85. The number of hydrogen-bond acceptors (Lipinski definition) is 6. The molecule has 0 bridgehead atoms. The van der Waals surface area contributed by atoms with Crippen LogP contribution in [-0.2, 0) is 0 Å². The molecule has 0 aliphatic carbocycles. The van der Waals surface area contributed by atoms with Crippen molar-refractivity contribution in [1.29, 1.82) is 0 Å². The second-order valence-electron chi connectivity index (χ2n) is 4.55. The van der Waals surface area contributed by atoms with E-state index in [0.29, 0.717) is 5.15 Å². The zero-order valence-corrected chi connectivity index (χ0v) is 12.7. The highest BCUT2D eigenvalue weighted by atomic mass is 35.5. The van der Waals surface area contributed by atoms with Crippen molar-refractivity contribution in [3.63, 3.8) is 0 Å². The van der Waals surface area contributed by atoms with Crippen molar-refractivity contribution >= 4 is 34.8 Å². The molecule has 0 atom stereocenters.